The molecule has 0 heterocycles. The first-order valence-corrected chi connectivity index (χ1v) is 7.17. The lowest BCUT2D eigenvalue weighted by molar-refractivity contribution is 0.101. The van der Waals surface area contributed by atoms with Gasteiger partial charge < -0.3 is 9.47 Å². The van der Waals surface area contributed by atoms with Gasteiger partial charge in [-0.1, -0.05) is 15.9 Å². The Morgan fingerprint density at radius 3 is 2.43 bits per heavy atom. The SMILES string of the molecule is CC(=O)c1ccc(F)cc1OCCOc1ccc(Br)cc1. The van der Waals surface area contributed by atoms with Crippen LogP contribution in [0.4, 0.5) is 4.39 Å². The predicted octanol–water partition coefficient (Wildman–Crippen LogP) is 4.25. The van der Waals surface area contributed by atoms with E-state index in [0.717, 1.165) is 4.47 Å². The summed E-state index contributed by atoms with van der Waals surface area (Å²) < 4.78 is 25.1. The first kappa shape index (κ1) is 15.5. The Balaban J connectivity index is 1.90. The zero-order valence-corrected chi connectivity index (χ0v) is 13.0. The van der Waals surface area contributed by atoms with Crippen LogP contribution in [0.25, 0.3) is 0 Å². The number of hydrogen-bond acceptors (Lipinski definition) is 3. The normalized spacial score (nSPS) is 10.2. The monoisotopic (exact) mass is 352 g/mol. The van der Waals surface area contributed by atoms with Crippen molar-refractivity contribution in [2.45, 2.75) is 6.92 Å². The van der Waals surface area contributed by atoms with E-state index < -0.39 is 5.82 Å². The Morgan fingerprint density at radius 2 is 1.76 bits per heavy atom. The second-order valence-electron chi connectivity index (χ2n) is 4.35. The van der Waals surface area contributed by atoms with Gasteiger partial charge >= 0.3 is 0 Å². The van der Waals surface area contributed by atoms with Gasteiger partial charge in [-0.25, -0.2) is 4.39 Å². The van der Waals surface area contributed by atoms with Crippen molar-refractivity contribution in [2.75, 3.05) is 13.2 Å². The van der Waals surface area contributed by atoms with Gasteiger partial charge in [0.15, 0.2) is 5.78 Å². The number of benzene rings is 2. The summed E-state index contributed by atoms with van der Waals surface area (Å²) in [7, 11) is 0. The third-order valence-electron chi connectivity index (χ3n) is 2.75. The first-order chi connectivity index (χ1) is 10.1. The molecule has 2 aromatic rings. The van der Waals surface area contributed by atoms with Crippen molar-refractivity contribution >= 4 is 21.7 Å². The molecule has 2 aromatic carbocycles. The Morgan fingerprint density at radius 1 is 1.10 bits per heavy atom. The van der Waals surface area contributed by atoms with Gasteiger partial charge in [0.2, 0.25) is 0 Å². The largest absolute Gasteiger partial charge is 0.490 e. The van der Waals surface area contributed by atoms with Crippen LogP contribution in [0.5, 0.6) is 11.5 Å². The minimum Gasteiger partial charge on any atom is -0.490 e. The molecule has 0 atom stereocenters. The maximum absolute atomic E-state index is 13.2. The van der Waals surface area contributed by atoms with E-state index in [-0.39, 0.29) is 18.1 Å². The molecular weight excluding hydrogens is 339 g/mol. The van der Waals surface area contributed by atoms with Crippen LogP contribution >= 0.6 is 15.9 Å². The molecule has 0 amide bonds. The average molecular weight is 353 g/mol. The molecule has 0 saturated heterocycles. The molecule has 0 aliphatic carbocycles. The van der Waals surface area contributed by atoms with Gasteiger partial charge in [-0.2, -0.15) is 0 Å². The molecule has 0 fully saturated rings. The van der Waals surface area contributed by atoms with E-state index in [2.05, 4.69) is 15.9 Å². The highest BCUT2D eigenvalue weighted by atomic mass is 79.9. The van der Waals surface area contributed by atoms with Crippen molar-refractivity contribution in [2.24, 2.45) is 0 Å². The van der Waals surface area contributed by atoms with Crippen molar-refractivity contribution in [1.82, 2.24) is 0 Å². The molecule has 2 rings (SSSR count). The highest BCUT2D eigenvalue weighted by Crippen LogP contribution is 2.21. The fourth-order valence-corrected chi connectivity index (χ4v) is 2.01. The summed E-state index contributed by atoms with van der Waals surface area (Å²) in [5.41, 5.74) is 0.361. The molecule has 0 N–H and O–H groups in total. The highest BCUT2D eigenvalue weighted by molar-refractivity contribution is 9.10. The standard InChI is InChI=1S/C16H14BrFO3/c1-11(19)15-7-4-13(18)10-16(15)21-9-8-20-14-5-2-12(17)3-6-14/h2-7,10H,8-9H2,1H3. The smallest absolute Gasteiger partial charge is 0.163 e. The van der Waals surface area contributed by atoms with Crippen molar-refractivity contribution in [3.05, 3.63) is 58.3 Å². The minimum atomic E-state index is -0.441. The highest BCUT2D eigenvalue weighted by Gasteiger charge is 2.09. The average Bonchev–Trinajstić information content (AvgIpc) is 2.45. The summed E-state index contributed by atoms with van der Waals surface area (Å²) in [4.78, 5) is 11.4. The summed E-state index contributed by atoms with van der Waals surface area (Å²) in [6, 6.07) is 11.3. The van der Waals surface area contributed by atoms with Gasteiger partial charge in [0, 0.05) is 10.5 Å². The van der Waals surface area contributed by atoms with E-state index in [0.29, 0.717) is 17.9 Å². The second-order valence-corrected chi connectivity index (χ2v) is 5.26. The molecule has 0 radical (unpaired) electrons. The molecule has 21 heavy (non-hydrogen) atoms. The van der Waals surface area contributed by atoms with Crippen molar-refractivity contribution in [3.8, 4) is 11.5 Å². The Bertz CT molecular complexity index is 626. The molecule has 0 aromatic heterocycles. The lowest BCUT2D eigenvalue weighted by Crippen LogP contribution is -2.11. The van der Waals surface area contributed by atoms with Crippen LogP contribution in [-0.4, -0.2) is 19.0 Å². The topological polar surface area (TPSA) is 35.5 Å². The number of rotatable bonds is 6. The van der Waals surface area contributed by atoms with E-state index >= 15 is 0 Å². The van der Waals surface area contributed by atoms with Crippen LogP contribution in [-0.2, 0) is 0 Å². The Hall–Kier alpha value is -1.88. The van der Waals surface area contributed by atoms with Crippen LogP contribution in [0.3, 0.4) is 0 Å². The van der Waals surface area contributed by atoms with E-state index in [4.69, 9.17) is 9.47 Å². The summed E-state index contributed by atoms with van der Waals surface area (Å²) in [6.07, 6.45) is 0. The van der Waals surface area contributed by atoms with Gasteiger partial charge in [-0.15, -0.1) is 0 Å². The predicted molar refractivity (Wildman–Crippen MR) is 81.5 cm³/mol. The number of hydrogen-bond donors (Lipinski definition) is 0. The molecule has 0 aliphatic rings. The molecule has 0 aliphatic heterocycles. The Labute approximate surface area is 130 Å². The molecule has 0 bridgehead atoms. The fourth-order valence-electron chi connectivity index (χ4n) is 1.75. The number of halogens is 2. The van der Waals surface area contributed by atoms with Gasteiger partial charge in [-0.05, 0) is 43.3 Å². The van der Waals surface area contributed by atoms with Crippen LogP contribution in [0, 0.1) is 5.82 Å². The molecular formula is C16H14BrFO3. The van der Waals surface area contributed by atoms with E-state index in [1.807, 2.05) is 24.3 Å². The zero-order chi connectivity index (χ0) is 15.2. The lowest BCUT2D eigenvalue weighted by Gasteiger charge is -2.11. The quantitative estimate of drug-likeness (QED) is 0.575. The van der Waals surface area contributed by atoms with Crippen LogP contribution in [0.2, 0.25) is 0 Å². The van der Waals surface area contributed by atoms with Crippen LogP contribution in [0.15, 0.2) is 46.9 Å². The number of ether oxygens (including phenoxy) is 2. The van der Waals surface area contributed by atoms with Gasteiger partial charge in [0.05, 0.1) is 5.56 Å². The minimum absolute atomic E-state index is 0.168. The number of Topliss-reactive ketones (excluding diaryl/α,β-unsaturated/α-hetero) is 1. The van der Waals surface area contributed by atoms with Crippen LogP contribution in [0.1, 0.15) is 17.3 Å². The maximum atomic E-state index is 13.2. The Kier molecular flexibility index (Phi) is 5.33. The summed E-state index contributed by atoms with van der Waals surface area (Å²) in [5.74, 6) is 0.345. The van der Waals surface area contributed by atoms with E-state index in [1.54, 1.807) is 0 Å². The summed E-state index contributed by atoms with van der Waals surface area (Å²) >= 11 is 3.34. The van der Waals surface area contributed by atoms with Crippen molar-refractivity contribution < 1.29 is 18.7 Å². The second kappa shape index (κ2) is 7.22. The molecule has 0 spiro atoms. The van der Waals surface area contributed by atoms with Gasteiger partial charge in [0.1, 0.15) is 30.5 Å². The van der Waals surface area contributed by atoms with E-state index in [9.17, 15) is 9.18 Å². The van der Waals surface area contributed by atoms with Gasteiger partial charge in [-0.3, -0.25) is 4.79 Å². The fraction of sp³-hybridized carbons (Fsp3) is 0.188. The van der Waals surface area contributed by atoms with Crippen LogP contribution < -0.4 is 9.47 Å². The lowest BCUT2D eigenvalue weighted by atomic mass is 10.1. The third-order valence-corrected chi connectivity index (χ3v) is 3.27. The summed E-state index contributed by atoms with van der Waals surface area (Å²) in [5, 5.41) is 0. The maximum Gasteiger partial charge on any atom is 0.163 e. The third kappa shape index (κ3) is 4.56. The van der Waals surface area contributed by atoms with Crippen molar-refractivity contribution in [1.29, 1.82) is 0 Å². The van der Waals surface area contributed by atoms with Crippen molar-refractivity contribution in [3.63, 3.8) is 0 Å². The molecule has 0 unspecified atom stereocenters. The summed E-state index contributed by atoms with van der Waals surface area (Å²) in [6.45, 7) is 1.94. The molecule has 3 nitrogen and oxygen atoms in total. The van der Waals surface area contributed by atoms with Gasteiger partial charge in [0.25, 0.3) is 0 Å². The number of ketones is 1. The molecule has 0 saturated carbocycles. The number of carbonyl (C=O) groups is 1. The zero-order valence-electron chi connectivity index (χ0n) is 11.4. The molecule has 110 valence electrons. The first-order valence-electron chi connectivity index (χ1n) is 6.38. The molecule has 5 heteroatoms. The van der Waals surface area contributed by atoms with E-state index in [1.165, 1.54) is 25.1 Å². The number of carbonyl (C=O) groups excluding carboxylic acids is 1.